The molecular formula is C27H25N3O5. The van der Waals surface area contributed by atoms with E-state index in [2.05, 4.69) is 24.5 Å². The number of nitro groups is 1. The van der Waals surface area contributed by atoms with Gasteiger partial charge in [-0.25, -0.2) is 0 Å². The number of nitrogens with one attached hydrogen (secondary N) is 2. The van der Waals surface area contributed by atoms with Gasteiger partial charge in [0.05, 0.1) is 12.0 Å². The second-order valence-electron chi connectivity index (χ2n) is 8.97. The molecule has 0 radical (unpaired) electrons. The molecule has 0 saturated carbocycles. The predicted octanol–water partition coefficient (Wildman–Crippen LogP) is 5.00. The summed E-state index contributed by atoms with van der Waals surface area (Å²) in [5, 5.41) is 17.0. The van der Waals surface area contributed by atoms with E-state index in [0.717, 1.165) is 17.5 Å². The minimum absolute atomic E-state index is 0.0964. The highest BCUT2D eigenvalue weighted by atomic mass is 16.6. The van der Waals surface area contributed by atoms with E-state index >= 15 is 0 Å². The Balaban J connectivity index is 1.57. The third-order valence-corrected chi connectivity index (χ3v) is 5.73. The van der Waals surface area contributed by atoms with E-state index in [1.54, 1.807) is 37.5 Å². The maximum atomic E-state index is 13.2. The van der Waals surface area contributed by atoms with Gasteiger partial charge >= 0.3 is 0 Å². The molecule has 0 aromatic heterocycles. The number of anilines is 1. The summed E-state index contributed by atoms with van der Waals surface area (Å²) in [6.45, 7) is 4.15. The molecule has 178 valence electrons. The SMILES string of the molecule is COc1ccc2c(c1)C(=CC(=O)c1cccc(NC(=O)c3ccc([N+](=O)[O-])cc3)c1)NC(C)(C)C2. The van der Waals surface area contributed by atoms with Crippen LogP contribution in [-0.4, -0.2) is 29.3 Å². The maximum absolute atomic E-state index is 13.2. The molecule has 8 nitrogen and oxygen atoms in total. The number of carbonyl (C=O) groups is 2. The molecule has 0 spiro atoms. The standard InChI is InChI=1S/C27H25N3O5/c1-27(2)16-19-9-12-22(35-3)14-23(19)24(29-27)15-25(31)18-5-4-6-20(13-18)28-26(32)17-7-10-21(11-8-17)30(33)34/h4-15,29H,16H2,1-3H3,(H,28,32). The monoisotopic (exact) mass is 471 g/mol. The van der Waals surface area contributed by atoms with Gasteiger partial charge in [0.2, 0.25) is 0 Å². The molecular weight excluding hydrogens is 446 g/mol. The van der Waals surface area contributed by atoms with E-state index in [1.807, 2.05) is 18.2 Å². The second-order valence-corrected chi connectivity index (χ2v) is 8.97. The Labute approximate surface area is 202 Å². The van der Waals surface area contributed by atoms with Crippen molar-refractivity contribution in [3.63, 3.8) is 0 Å². The second kappa shape index (κ2) is 9.42. The van der Waals surface area contributed by atoms with Crippen LogP contribution >= 0.6 is 0 Å². The fourth-order valence-corrected chi connectivity index (χ4v) is 4.06. The number of carbonyl (C=O) groups excluding carboxylic acids is 2. The molecule has 2 N–H and O–H groups in total. The summed E-state index contributed by atoms with van der Waals surface area (Å²) in [6.07, 6.45) is 2.37. The maximum Gasteiger partial charge on any atom is 0.269 e. The van der Waals surface area contributed by atoms with E-state index in [1.165, 1.54) is 24.3 Å². The summed E-state index contributed by atoms with van der Waals surface area (Å²) in [5.41, 5.74) is 3.55. The zero-order valence-electron chi connectivity index (χ0n) is 19.6. The fourth-order valence-electron chi connectivity index (χ4n) is 4.06. The number of methoxy groups -OCH3 is 1. The van der Waals surface area contributed by atoms with Gasteiger partial charge in [-0.15, -0.1) is 0 Å². The van der Waals surface area contributed by atoms with Crippen molar-refractivity contribution in [1.29, 1.82) is 0 Å². The lowest BCUT2D eigenvalue weighted by Gasteiger charge is -2.35. The third kappa shape index (κ3) is 5.38. The average Bonchev–Trinajstić information content (AvgIpc) is 2.83. The molecule has 0 saturated heterocycles. The van der Waals surface area contributed by atoms with Crippen LogP contribution in [0.5, 0.6) is 5.75 Å². The van der Waals surface area contributed by atoms with Crippen molar-refractivity contribution in [3.8, 4) is 5.75 Å². The molecule has 0 atom stereocenters. The van der Waals surface area contributed by atoms with Gasteiger partial charge in [-0.1, -0.05) is 18.2 Å². The van der Waals surface area contributed by atoms with Gasteiger partial charge in [0.1, 0.15) is 5.75 Å². The molecule has 0 fully saturated rings. The van der Waals surface area contributed by atoms with Crippen molar-refractivity contribution < 1.29 is 19.2 Å². The van der Waals surface area contributed by atoms with E-state index < -0.39 is 10.8 Å². The number of amides is 1. The van der Waals surface area contributed by atoms with Crippen molar-refractivity contribution in [2.45, 2.75) is 25.8 Å². The first-order chi connectivity index (χ1) is 16.6. The summed E-state index contributed by atoms with van der Waals surface area (Å²) in [6, 6.07) is 17.8. The van der Waals surface area contributed by atoms with Gasteiger partial charge in [0, 0.05) is 51.8 Å². The van der Waals surface area contributed by atoms with Crippen molar-refractivity contribution in [2.24, 2.45) is 0 Å². The Hall–Kier alpha value is -4.46. The van der Waals surface area contributed by atoms with E-state index in [9.17, 15) is 19.7 Å². The van der Waals surface area contributed by atoms with E-state index in [4.69, 9.17) is 4.74 Å². The van der Waals surface area contributed by atoms with Gasteiger partial charge in [-0.3, -0.25) is 19.7 Å². The molecule has 1 amide bonds. The van der Waals surface area contributed by atoms with Crippen molar-refractivity contribution in [3.05, 3.63) is 105 Å². The zero-order valence-corrected chi connectivity index (χ0v) is 19.6. The summed E-state index contributed by atoms with van der Waals surface area (Å²) in [5.74, 6) is 0.0598. The number of ketones is 1. The molecule has 1 aliphatic rings. The lowest BCUT2D eigenvalue weighted by Crippen LogP contribution is -2.43. The Morgan fingerprint density at radius 1 is 1.06 bits per heavy atom. The number of fused-ring (bicyclic) bond motifs is 1. The molecule has 1 aliphatic heterocycles. The number of allylic oxidation sites excluding steroid dienone is 1. The van der Waals surface area contributed by atoms with Gasteiger partial charge < -0.3 is 15.4 Å². The Bertz CT molecular complexity index is 1340. The van der Waals surface area contributed by atoms with Crippen molar-refractivity contribution >= 4 is 28.8 Å². The number of hydrogen-bond donors (Lipinski definition) is 2. The van der Waals surface area contributed by atoms with Crippen LogP contribution in [0.3, 0.4) is 0 Å². The van der Waals surface area contributed by atoms with Crippen LogP contribution < -0.4 is 15.4 Å². The number of nitrogens with zero attached hydrogens (tertiary/aromatic N) is 1. The minimum atomic E-state index is -0.526. The van der Waals surface area contributed by atoms with Gasteiger partial charge in [-0.05, 0) is 62.2 Å². The summed E-state index contributed by atoms with van der Waals surface area (Å²) in [4.78, 5) is 36.0. The van der Waals surface area contributed by atoms with Gasteiger partial charge in [0.25, 0.3) is 11.6 Å². The van der Waals surface area contributed by atoms with Crippen LogP contribution in [-0.2, 0) is 6.42 Å². The molecule has 1 heterocycles. The van der Waals surface area contributed by atoms with E-state index in [0.29, 0.717) is 22.7 Å². The number of ether oxygens (including phenoxy) is 1. The molecule has 3 aromatic carbocycles. The third-order valence-electron chi connectivity index (χ3n) is 5.73. The normalized spacial score (nSPS) is 15.0. The Morgan fingerprint density at radius 2 is 1.80 bits per heavy atom. The number of hydrogen-bond acceptors (Lipinski definition) is 6. The summed E-state index contributed by atoms with van der Waals surface area (Å²) < 4.78 is 5.36. The molecule has 4 rings (SSSR count). The van der Waals surface area contributed by atoms with Crippen molar-refractivity contribution in [1.82, 2.24) is 5.32 Å². The Morgan fingerprint density at radius 3 is 2.49 bits per heavy atom. The molecule has 3 aromatic rings. The molecule has 35 heavy (non-hydrogen) atoms. The molecule has 8 heteroatoms. The first-order valence-electron chi connectivity index (χ1n) is 11.0. The molecule has 0 aliphatic carbocycles. The van der Waals surface area contributed by atoms with Crippen LogP contribution in [0, 0.1) is 10.1 Å². The number of nitro benzene ring substituents is 1. The highest BCUT2D eigenvalue weighted by Crippen LogP contribution is 2.32. The number of rotatable bonds is 6. The quantitative estimate of drug-likeness (QED) is 0.226. The van der Waals surface area contributed by atoms with Crippen molar-refractivity contribution in [2.75, 3.05) is 12.4 Å². The smallest absolute Gasteiger partial charge is 0.269 e. The van der Waals surface area contributed by atoms with Gasteiger partial charge in [-0.2, -0.15) is 0 Å². The number of benzene rings is 3. The first-order valence-corrected chi connectivity index (χ1v) is 11.0. The summed E-state index contributed by atoms with van der Waals surface area (Å²) in [7, 11) is 1.60. The molecule has 0 unspecified atom stereocenters. The lowest BCUT2D eigenvalue weighted by molar-refractivity contribution is -0.384. The lowest BCUT2D eigenvalue weighted by atomic mass is 9.85. The van der Waals surface area contributed by atoms with Crippen LogP contribution in [0.1, 0.15) is 45.7 Å². The van der Waals surface area contributed by atoms with E-state index in [-0.39, 0.29) is 22.6 Å². The average molecular weight is 472 g/mol. The Kier molecular flexibility index (Phi) is 6.38. The summed E-state index contributed by atoms with van der Waals surface area (Å²) >= 11 is 0. The largest absolute Gasteiger partial charge is 0.497 e. The fraction of sp³-hybridized carbons (Fsp3) is 0.185. The highest BCUT2D eigenvalue weighted by molar-refractivity contribution is 6.10. The predicted molar refractivity (Wildman–Crippen MR) is 134 cm³/mol. The van der Waals surface area contributed by atoms with Crippen LogP contribution in [0.25, 0.3) is 5.70 Å². The highest BCUT2D eigenvalue weighted by Gasteiger charge is 2.28. The van der Waals surface area contributed by atoms with Crippen LogP contribution in [0.15, 0.2) is 72.8 Å². The zero-order chi connectivity index (χ0) is 25.2. The number of non-ortho nitro benzene ring substituents is 1. The topological polar surface area (TPSA) is 111 Å². The minimum Gasteiger partial charge on any atom is -0.497 e. The molecule has 0 bridgehead atoms. The van der Waals surface area contributed by atoms with Crippen LogP contribution in [0.4, 0.5) is 11.4 Å². The first kappa shape index (κ1) is 23.7. The van der Waals surface area contributed by atoms with Gasteiger partial charge in [0.15, 0.2) is 5.78 Å². The van der Waals surface area contributed by atoms with Crippen LogP contribution in [0.2, 0.25) is 0 Å².